The van der Waals surface area contributed by atoms with Crippen LogP contribution in [0.1, 0.15) is 41.1 Å². The smallest absolute Gasteiger partial charge is 0.220 e. The van der Waals surface area contributed by atoms with Gasteiger partial charge in [-0.2, -0.15) is 5.10 Å². The average Bonchev–Trinajstić information content (AvgIpc) is 3.16. The van der Waals surface area contributed by atoms with Gasteiger partial charge in [-0.15, -0.1) is 0 Å². The molecule has 0 aliphatic heterocycles. The Bertz CT molecular complexity index is 844. The molecule has 0 bridgehead atoms. The van der Waals surface area contributed by atoms with Gasteiger partial charge in [0.15, 0.2) is 0 Å². The number of aromatic nitrogens is 3. The zero-order valence-corrected chi connectivity index (χ0v) is 15.2. The van der Waals surface area contributed by atoms with Crippen LogP contribution in [0, 0.1) is 13.8 Å². The van der Waals surface area contributed by atoms with Crippen molar-refractivity contribution >= 4 is 5.91 Å². The summed E-state index contributed by atoms with van der Waals surface area (Å²) in [6, 6.07) is 16.3. The molecular formula is C21H24N4O. The summed E-state index contributed by atoms with van der Waals surface area (Å²) in [5.41, 5.74) is 4.66. The molecule has 0 radical (unpaired) electrons. The van der Waals surface area contributed by atoms with Crippen LogP contribution in [0.15, 0.2) is 61.2 Å². The van der Waals surface area contributed by atoms with Crippen LogP contribution in [0.25, 0.3) is 0 Å². The molecule has 1 aromatic heterocycles. The number of carbonyl (C=O) groups excluding carboxylic acids is 1. The normalized spacial score (nSPS) is 11.9. The van der Waals surface area contributed by atoms with Gasteiger partial charge in [0.25, 0.3) is 0 Å². The van der Waals surface area contributed by atoms with Crippen molar-refractivity contribution in [3.05, 3.63) is 83.4 Å². The molecule has 134 valence electrons. The van der Waals surface area contributed by atoms with Crippen molar-refractivity contribution in [1.82, 2.24) is 20.1 Å². The van der Waals surface area contributed by atoms with E-state index in [1.54, 1.807) is 11.0 Å². The second-order valence-electron chi connectivity index (χ2n) is 6.52. The fourth-order valence-electron chi connectivity index (χ4n) is 2.93. The van der Waals surface area contributed by atoms with Gasteiger partial charge in [-0.3, -0.25) is 9.48 Å². The standard InChI is InChI=1S/C21H24N4O/c1-16-10-11-19(13-17(16)2)21(18-7-4-3-5-8-18)24-20(26)9-6-12-25-15-22-14-23-25/h3-5,7-8,10-11,13-15,21H,6,9,12H2,1-2H3,(H,24,26). The highest BCUT2D eigenvalue weighted by atomic mass is 16.1. The number of nitrogens with zero attached hydrogens (tertiary/aromatic N) is 3. The molecule has 0 spiro atoms. The quantitative estimate of drug-likeness (QED) is 0.710. The van der Waals surface area contributed by atoms with E-state index in [0.29, 0.717) is 13.0 Å². The molecule has 1 unspecified atom stereocenters. The van der Waals surface area contributed by atoms with Crippen LogP contribution in [0.5, 0.6) is 0 Å². The van der Waals surface area contributed by atoms with Crippen molar-refractivity contribution in [2.45, 2.75) is 39.3 Å². The van der Waals surface area contributed by atoms with Crippen LogP contribution in [0.4, 0.5) is 0 Å². The third kappa shape index (κ3) is 4.57. The summed E-state index contributed by atoms with van der Waals surface area (Å²) in [6.45, 7) is 4.88. The van der Waals surface area contributed by atoms with Crippen molar-refractivity contribution in [1.29, 1.82) is 0 Å². The summed E-state index contributed by atoms with van der Waals surface area (Å²) in [5.74, 6) is 0.0391. The van der Waals surface area contributed by atoms with Crippen molar-refractivity contribution in [3.8, 4) is 0 Å². The van der Waals surface area contributed by atoms with Crippen molar-refractivity contribution in [2.24, 2.45) is 0 Å². The first kappa shape index (κ1) is 17.9. The van der Waals surface area contributed by atoms with Gasteiger partial charge in [0.2, 0.25) is 5.91 Å². The molecule has 0 aliphatic carbocycles. The first-order valence-corrected chi connectivity index (χ1v) is 8.87. The number of hydrogen-bond donors (Lipinski definition) is 1. The van der Waals surface area contributed by atoms with E-state index in [9.17, 15) is 4.79 Å². The lowest BCUT2D eigenvalue weighted by Crippen LogP contribution is -2.29. The Morgan fingerprint density at radius 3 is 2.58 bits per heavy atom. The van der Waals surface area contributed by atoms with Gasteiger partial charge in [-0.1, -0.05) is 48.5 Å². The molecule has 3 aromatic rings. The van der Waals surface area contributed by atoms with Gasteiger partial charge in [0.1, 0.15) is 12.7 Å². The maximum absolute atomic E-state index is 12.5. The molecule has 0 saturated carbocycles. The Hall–Kier alpha value is -2.95. The highest BCUT2D eigenvalue weighted by Crippen LogP contribution is 2.24. The fourth-order valence-corrected chi connectivity index (χ4v) is 2.93. The summed E-state index contributed by atoms with van der Waals surface area (Å²) in [4.78, 5) is 16.4. The van der Waals surface area contributed by atoms with Gasteiger partial charge in [-0.05, 0) is 42.5 Å². The Morgan fingerprint density at radius 2 is 1.88 bits per heavy atom. The van der Waals surface area contributed by atoms with Crippen molar-refractivity contribution in [2.75, 3.05) is 0 Å². The van der Waals surface area contributed by atoms with E-state index in [0.717, 1.165) is 17.5 Å². The van der Waals surface area contributed by atoms with Crippen LogP contribution in [-0.2, 0) is 11.3 Å². The minimum atomic E-state index is -0.144. The van der Waals surface area contributed by atoms with Crippen molar-refractivity contribution < 1.29 is 4.79 Å². The largest absolute Gasteiger partial charge is 0.345 e. The summed E-state index contributed by atoms with van der Waals surface area (Å²) in [7, 11) is 0. The molecule has 5 nitrogen and oxygen atoms in total. The predicted molar refractivity (Wildman–Crippen MR) is 102 cm³/mol. The predicted octanol–water partition coefficient (Wildman–Crippen LogP) is 3.58. The maximum atomic E-state index is 12.5. The van der Waals surface area contributed by atoms with E-state index in [1.165, 1.54) is 17.5 Å². The fraction of sp³-hybridized carbons (Fsp3) is 0.286. The zero-order chi connectivity index (χ0) is 18.4. The Labute approximate surface area is 154 Å². The lowest BCUT2D eigenvalue weighted by Gasteiger charge is -2.21. The van der Waals surface area contributed by atoms with Crippen LogP contribution in [0.3, 0.4) is 0 Å². The summed E-state index contributed by atoms with van der Waals surface area (Å²) >= 11 is 0. The molecule has 0 saturated heterocycles. The van der Waals surface area contributed by atoms with Gasteiger partial charge in [-0.25, -0.2) is 4.98 Å². The minimum absolute atomic E-state index is 0.0391. The molecule has 1 heterocycles. The lowest BCUT2D eigenvalue weighted by molar-refractivity contribution is -0.121. The van der Waals surface area contributed by atoms with Crippen LogP contribution < -0.4 is 5.32 Å². The molecule has 3 rings (SSSR count). The van der Waals surface area contributed by atoms with Gasteiger partial charge >= 0.3 is 0 Å². The Kier molecular flexibility index (Phi) is 5.79. The third-order valence-corrected chi connectivity index (χ3v) is 4.56. The number of hydrogen-bond acceptors (Lipinski definition) is 3. The van der Waals surface area contributed by atoms with Crippen LogP contribution in [-0.4, -0.2) is 20.7 Å². The molecule has 1 N–H and O–H groups in total. The van der Waals surface area contributed by atoms with Gasteiger partial charge in [0.05, 0.1) is 6.04 Å². The van der Waals surface area contributed by atoms with Gasteiger partial charge in [0, 0.05) is 13.0 Å². The molecular weight excluding hydrogens is 324 g/mol. The monoisotopic (exact) mass is 348 g/mol. The topological polar surface area (TPSA) is 59.8 Å². The number of carbonyl (C=O) groups is 1. The SMILES string of the molecule is Cc1ccc(C(NC(=O)CCCn2cncn2)c2ccccc2)cc1C. The second kappa shape index (κ2) is 8.43. The summed E-state index contributed by atoms with van der Waals surface area (Å²) in [6.07, 6.45) is 4.35. The van der Waals surface area contributed by atoms with Crippen LogP contribution in [0.2, 0.25) is 0 Å². The van der Waals surface area contributed by atoms with Crippen molar-refractivity contribution in [3.63, 3.8) is 0 Å². The van der Waals surface area contributed by atoms with Crippen LogP contribution >= 0.6 is 0 Å². The molecule has 2 aromatic carbocycles. The molecule has 5 heteroatoms. The van der Waals surface area contributed by atoms with E-state index in [2.05, 4.69) is 59.6 Å². The maximum Gasteiger partial charge on any atom is 0.220 e. The molecule has 0 aliphatic rings. The first-order valence-electron chi connectivity index (χ1n) is 8.87. The lowest BCUT2D eigenvalue weighted by atomic mass is 9.95. The number of nitrogens with one attached hydrogen (secondary N) is 1. The first-order chi connectivity index (χ1) is 12.6. The number of aryl methyl sites for hydroxylation is 3. The second-order valence-corrected chi connectivity index (χ2v) is 6.52. The molecule has 26 heavy (non-hydrogen) atoms. The minimum Gasteiger partial charge on any atom is -0.345 e. The number of benzene rings is 2. The zero-order valence-electron chi connectivity index (χ0n) is 15.2. The summed E-state index contributed by atoms with van der Waals surface area (Å²) in [5, 5.41) is 7.25. The summed E-state index contributed by atoms with van der Waals surface area (Å²) < 4.78 is 1.74. The third-order valence-electron chi connectivity index (χ3n) is 4.56. The molecule has 1 atom stereocenters. The Morgan fingerprint density at radius 1 is 1.08 bits per heavy atom. The highest BCUT2D eigenvalue weighted by Gasteiger charge is 2.17. The highest BCUT2D eigenvalue weighted by molar-refractivity contribution is 5.77. The molecule has 0 fully saturated rings. The number of amides is 1. The van der Waals surface area contributed by atoms with E-state index >= 15 is 0 Å². The van der Waals surface area contributed by atoms with E-state index in [1.807, 2.05) is 18.2 Å². The van der Waals surface area contributed by atoms with E-state index in [-0.39, 0.29) is 11.9 Å². The Balaban J connectivity index is 1.71. The van der Waals surface area contributed by atoms with E-state index in [4.69, 9.17) is 0 Å². The van der Waals surface area contributed by atoms with E-state index < -0.39 is 0 Å². The average molecular weight is 348 g/mol. The number of rotatable bonds is 7. The van der Waals surface area contributed by atoms with Gasteiger partial charge < -0.3 is 5.32 Å². The molecule has 1 amide bonds.